The molecule has 1 aromatic carbocycles. The van der Waals surface area contributed by atoms with E-state index in [0.717, 1.165) is 27.1 Å². The highest BCUT2D eigenvalue weighted by Gasteiger charge is 2.10. The van der Waals surface area contributed by atoms with Crippen LogP contribution in [0.25, 0.3) is 10.9 Å². The van der Waals surface area contributed by atoms with E-state index in [1.807, 2.05) is 19.1 Å². The molecule has 0 amide bonds. The predicted octanol–water partition coefficient (Wildman–Crippen LogP) is 4.97. The van der Waals surface area contributed by atoms with Gasteiger partial charge in [0.1, 0.15) is 5.15 Å². The first-order valence-electron chi connectivity index (χ1n) is 5.25. The zero-order valence-corrected chi connectivity index (χ0v) is 11.0. The molecule has 0 bridgehead atoms. The van der Waals surface area contributed by atoms with Gasteiger partial charge in [-0.15, -0.1) is 0 Å². The molecule has 0 aliphatic carbocycles. The highest BCUT2D eigenvalue weighted by molar-refractivity contribution is 6.32. The van der Waals surface area contributed by atoms with Crippen molar-refractivity contribution in [2.24, 2.45) is 0 Å². The number of aryl methyl sites for hydroxylation is 1. The van der Waals surface area contributed by atoms with Crippen molar-refractivity contribution < 1.29 is 0 Å². The van der Waals surface area contributed by atoms with E-state index in [1.165, 1.54) is 0 Å². The van der Waals surface area contributed by atoms with Crippen molar-refractivity contribution in [3.63, 3.8) is 0 Å². The van der Waals surface area contributed by atoms with Gasteiger partial charge in [0.2, 0.25) is 0 Å². The molecule has 0 aliphatic heterocycles. The maximum atomic E-state index is 6.17. The van der Waals surface area contributed by atoms with Gasteiger partial charge in [-0.2, -0.15) is 0 Å². The van der Waals surface area contributed by atoms with Gasteiger partial charge >= 0.3 is 0 Å². The van der Waals surface area contributed by atoms with Crippen molar-refractivity contribution >= 4 is 34.1 Å². The summed E-state index contributed by atoms with van der Waals surface area (Å²) in [4.78, 5) is 4.44. The Kier molecular flexibility index (Phi) is 3.09. The van der Waals surface area contributed by atoms with Crippen molar-refractivity contribution in [1.29, 1.82) is 0 Å². The highest BCUT2D eigenvalue weighted by Crippen LogP contribution is 2.29. The fraction of sp³-hybridized carbons (Fsp3) is 0.308. The van der Waals surface area contributed by atoms with E-state index in [0.29, 0.717) is 11.1 Å². The van der Waals surface area contributed by atoms with E-state index in [9.17, 15) is 0 Å². The van der Waals surface area contributed by atoms with Crippen LogP contribution in [0.5, 0.6) is 0 Å². The number of nitrogens with zero attached hydrogens (tertiary/aromatic N) is 1. The molecule has 3 heteroatoms. The standard InChI is InChI=1S/C13H13Cl2N/c1-7(2)11-6-9-5-10(14)4-8(3)12(9)16-13(11)15/h4-7H,1-3H3. The summed E-state index contributed by atoms with van der Waals surface area (Å²) in [6.07, 6.45) is 0. The summed E-state index contributed by atoms with van der Waals surface area (Å²) in [6, 6.07) is 5.91. The third kappa shape index (κ3) is 2.02. The third-order valence-electron chi connectivity index (χ3n) is 2.68. The van der Waals surface area contributed by atoms with Crippen LogP contribution in [0, 0.1) is 6.92 Å². The first-order valence-corrected chi connectivity index (χ1v) is 6.01. The lowest BCUT2D eigenvalue weighted by atomic mass is 10.0. The Bertz CT molecular complexity index is 547. The van der Waals surface area contributed by atoms with Gasteiger partial charge < -0.3 is 0 Å². The maximum absolute atomic E-state index is 6.17. The van der Waals surface area contributed by atoms with Crippen molar-refractivity contribution in [1.82, 2.24) is 4.98 Å². The van der Waals surface area contributed by atoms with Crippen molar-refractivity contribution in [2.45, 2.75) is 26.7 Å². The minimum Gasteiger partial charge on any atom is -0.236 e. The van der Waals surface area contributed by atoms with Gasteiger partial charge in [-0.3, -0.25) is 0 Å². The van der Waals surface area contributed by atoms with E-state index in [2.05, 4.69) is 24.9 Å². The Morgan fingerprint density at radius 2 is 1.81 bits per heavy atom. The molecule has 0 N–H and O–H groups in total. The monoisotopic (exact) mass is 253 g/mol. The number of rotatable bonds is 1. The van der Waals surface area contributed by atoms with Gasteiger partial charge in [0, 0.05) is 10.4 Å². The Morgan fingerprint density at radius 3 is 2.44 bits per heavy atom. The lowest BCUT2D eigenvalue weighted by Crippen LogP contribution is -1.94. The molecule has 84 valence electrons. The minimum atomic E-state index is 0.365. The fourth-order valence-electron chi connectivity index (χ4n) is 1.82. The Morgan fingerprint density at radius 1 is 1.12 bits per heavy atom. The molecule has 0 spiro atoms. The minimum absolute atomic E-state index is 0.365. The number of hydrogen-bond donors (Lipinski definition) is 0. The van der Waals surface area contributed by atoms with Crippen LogP contribution in [0.1, 0.15) is 30.9 Å². The molecule has 1 nitrogen and oxygen atoms in total. The lowest BCUT2D eigenvalue weighted by Gasteiger charge is -2.10. The largest absolute Gasteiger partial charge is 0.236 e. The second-order valence-electron chi connectivity index (χ2n) is 4.32. The molecule has 0 aliphatic rings. The molecule has 0 radical (unpaired) electrons. The van der Waals surface area contributed by atoms with Crippen molar-refractivity contribution in [2.75, 3.05) is 0 Å². The van der Waals surface area contributed by atoms with Gasteiger partial charge in [0.05, 0.1) is 5.52 Å². The average molecular weight is 254 g/mol. The van der Waals surface area contributed by atoms with Crippen LogP contribution in [0.3, 0.4) is 0 Å². The molecule has 0 unspecified atom stereocenters. The van der Waals surface area contributed by atoms with Gasteiger partial charge in [0.25, 0.3) is 0 Å². The Balaban J connectivity index is 2.79. The topological polar surface area (TPSA) is 12.9 Å². The first kappa shape index (κ1) is 11.7. The van der Waals surface area contributed by atoms with E-state index >= 15 is 0 Å². The second kappa shape index (κ2) is 4.23. The quantitative estimate of drug-likeness (QED) is 0.654. The maximum Gasteiger partial charge on any atom is 0.133 e. The average Bonchev–Trinajstić information content (AvgIpc) is 2.18. The highest BCUT2D eigenvalue weighted by atomic mass is 35.5. The van der Waals surface area contributed by atoms with E-state index < -0.39 is 0 Å². The molecule has 0 atom stereocenters. The van der Waals surface area contributed by atoms with E-state index in [4.69, 9.17) is 23.2 Å². The second-order valence-corrected chi connectivity index (χ2v) is 5.11. The number of hydrogen-bond acceptors (Lipinski definition) is 1. The number of pyridine rings is 1. The Labute approximate surface area is 105 Å². The summed E-state index contributed by atoms with van der Waals surface area (Å²) in [5.41, 5.74) is 3.05. The van der Waals surface area contributed by atoms with Crippen LogP contribution in [-0.4, -0.2) is 4.98 Å². The molecule has 0 fully saturated rings. The first-order chi connectivity index (χ1) is 7.49. The SMILES string of the molecule is Cc1cc(Cl)cc2cc(C(C)C)c(Cl)nc12. The van der Waals surface area contributed by atoms with E-state index in [-0.39, 0.29) is 0 Å². The van der Waals surface area contributed by atoms with Crippen LogP contribution in [-0.2, 0) is 0 Å². The van der Waals surface area contributed by atoms with Crippen LogP contribution in [0.15, 0.2) is 18.2 Å². The van der Waals surface area contributed by atoms with Gasteiger partial charge in [-0.25, -0.2) is 4.98 Å². The summed E-state index contributed by atoms with van der Waals surface area (Å²) in [5, 5.41) is 2.38. The van der Waals surface area contributed by atoms with Crippen LogP contribution >= 0.6 is 23.2 Å². The van der Waals surface area contributed by atoms with Gasteiger partial charge in [0.15, 0.2) is 0 Å². The molecule has 1 aromatic heterocycles. The molecule has 0 saturated heterocycles. The predicted molar refractivity (Wildman–Crippen MR) is 70.6 cm³/mol. The van der Waals surface area contributed by atoms with Crippen LogP contribution < -0.4 is 0 Å². The zero-order valence-electron chi connectivity index (χ0n) is 9.51. The Hall–Kier alpha value is -0.790. The van der Waals surface area contributed by atoms with Gasteiger partial charge in [-0.1, -0.05) is 37.0 Å². The summed E-state index contributed by atoms with van der Waals surface area (Å²) in [7, 11) is 0. The van der Waals surface area contributed by atoms with Crippen molar-refractivity contribution in [3.8, 4) is 0 Å². The van der Waals surface area contributed by atoms with Crippen LogP contribution in [0.4, 0.5) is 0 Å². The summed E-state index contributed by atoms with van der Waals surface area (Å²) in [6.45, 7) is 6.20. The number of benzene rings is 1. The molecule has 1 heterocycles. The molecular weight excluding hydrogens is 241 g/mol. The van der Waals surface area contributed by atoms with Crippen molar-refractivity contribution in [3.05, 3.63) is 39.5 Å². The summed E-state index contributed by atoms with van der Waals surface area (Å²) in [5.74, 6) is 0.365. The van der Waals surface area contributed by atoms with E-state index in [1.54, 1.807) is 0 Å². The smallest absolute Gasteiger partial charge is 0.133 e. The summed E-state index contributed by atoms with van der Waals surface area (Å²) >= 11 is 12.2. The number of fused-ring (bicyclic) bond motifs is 1. The van der Waals surface area contributed by atoms with Gasteiger partial charge in [-0.05, 0) is 42.2 Å². The normalized spacial score (nSPS) is 11.4. The lowest BCUT2D eigenvalue weighted by molar-refractivity contribution is 0.862. The number of halogens is 2. The third-order valence-corrected chi connectivity index (χ3v) is 3.20. The molecule has 16 heavy (non-hydrogen) atoms. The molecule has 0 saturated carbocycles. The van der Waals surface area contributed by atoms with Crippen LogP contribution in [0.2, 0.25) is 10.2 Å². The molecular formula is C13H13Cl2N. The molecule has 2 rings (SSSR count). The molecule has 2 aromatic rings. The summed E-state index contributed by atoms with van der Waals surface area (Å²) < 4.78 is 0. The number of aromatic nitrogens is 1. The fourth-order valence-corrected chi connectivity index (χ4v) is 2.46. The zero-order chi connectivity index (χ0) is 11.9.